The third kappa shape index (κ3) is 3.77. The van der Waals surface area contributed by atoms with E-state index in [4.69, 9.17) is 39.8 Å². The van der Waals surface area contributed by atoms with E-state index in [0.717, 1.165) is 26.0 Å². The highest BCUT2D eigenvalue weighted by atomic mass is 35.5. The zero-order valence-electron chi connectivity index (χ0n) is 15.8. The number of fused-ring (bicyclic) bond motifs is 2. The van der Waals surface area contributed by atoms with E-state index in [1.165, 1.54) is 11.3 Å². The van der Waals surface area contributed by atoms with E-state index in [2.05, 4.69) is 5.32 Å². The smallest absolute Gasteiger partial charge is 0.256 e. The molecule has 0 spiro atoms. The van der Waals surface area contributed by atoms with Gasteiger partial charge in [-0.1, -0.05) is 71.2 Å². The predicted octanol–water partition coefficient (Wildman–Crippen LogP) is 8.33. The van der Waals surface area contributed by atoms with Gasteiger partial charge in [0.25, 0.3) is 5.91 Å². The number of halogens is 3. The topological polar surface area (TPSA) is 42.0 Å². The van der Waals surface area contributed by atoms with Crippen LogP contribution in [0.2, 0.25) is 15.1 Å². The molecule has 3 nitrogen and oxygen atoms in total. The Hall–Kier alpha value is -2.63. The van der Waals surface area contributed by atoms with Crippen LogP contribution in [0, 0.1) is 0 Å². The SMILES string of the molecule is O=C(Nc1c(Cl)cc(Cl)cc1-c1nc2ccccc2s1)c1cccc2c(Cl)cccc12. The number of thiazole rings is 1. The Bertz CT molecular complexity index is 1450. The fourth-order valence-corrected chi connectivity index (χ4v) is 5.27. The number of anilines is 1. The molecule has 5 aromatic rings. The minimum Gasteiger partial charge on any atom is -0.320 e. The predicted molar refractivity (Wildman–Crippen MR) is 132 cm³/mol. The number of hydrogen-bond donors (Lipinski definition) is 1. The lowest BCUT2D eigenvalue weighted by Crippen LogP contribution is -2.13. The highest BCUT2D eigenvalue weighted by molar-refractivity contribution is 7.21. The van der Waals surface area contributed by atoms with Crippen molar-refractivity contribution >= 4 is 78.7 Å². The van der Waals surface area contributed by atoms with Crippen LogP contribution in [0.15, 0.2) is 72.8 Å². The Labute approximate surface area is 197 Å². The molecular weight excluding hydrogens is 471 g/mol. The molecule has 0 saturated carbocycles. The van der Waals surface area contributed by atoms with Gasteiger partial charge in [0.1, 0.15) is 5.01 Å². The van der Waals surface area contributed by atoms with Crippen LogP contribution in [0.3, 0.4) is 0 Å². The number of carbonyl (C=O) groups excluding carboxylic acids is 1. The molecule has 1 aromatic heterocycles. The second kappa shape index (κ2) is 8.13. The van der Waals surface area contributed by atoms with E-state index in [1.54, 1.807) is 30.3 Å². The number of rotatable bonds is 3. The molecule has 0 atom stereocenters. The molecule has 4 aromatic carbocycles. The van der Waals surface area contributed by atoms with Crippen molar-refractivity contribution < 1.29 is 4.79 Å². The van der Waals surface area contributed by atoms with Crippen molar-refractivity contribution in [3.8, 4) is 10.6 Å². The summed E-state index contributed by atoms with van der Waals surface area (Å²) in [6, 6.07) is 22.2. The number of amides is 1. The molecular formula is C24H13Cl3N2OS. The van der Waals surface area contributed by atoms with Gasteiger partial charge >= 0.3 is 0 Å². The molecule has 0 aliphatic heterocycles. The zero-order chi connectivity index (χ0) is 21.5. The summed E-state index contributed by atoms with van der Waals surface area (Å²) in [6.07, 6.45) is 0. The number of para-hydroxylation sites is 1. The van der Waals surface area contributed by atoms with Crippen molar-refractivity contribution in [2.75, 3.05) is 5.32 Å². The van der Waals surface area contributed by atoms with Gasteiger partial charge in [-0.2, -0.15) is 0 Å². The monoisotopic (exact) mass is 482 g/mol. The molecule has 0 unspecified atom stereocenters. The van der Waals surface area contributed by atoms with Gasteiger partial charge in [-0.15, -0.1) is 11.3 Å². The molecule has 1 N–H and O–H groups in total. The van der Waals surface area contributed by atoms with Crippen molar-refractivity contribution in [1.29, 1.82) is 0 Å². The number of carbonyl (C=O) groups is 1. The van der Waals surface area contributed by atoms with Crippen LogP contribution in [-0.4, -0.2) is 10.9 Å². The molecule has 0 fully saturated rings. The van der Waals surface area contributed by atoms with Crippen LogP contribution in [0.5, 0.6) is 0 Å². The van der Waals surface area contributed by atoms with Crippen molar-refractivity contribution in [1.82, 2.24) is 4.98 Å². The quantitative estimate of drug-likeness (QED) is 0.280. The first-order valence-corrected chi connectivity index (χ1v) is 11.3. The lowest BCUT2D eigenvalue weighted by molar-refractivity contribution is 0.102. The second-order valence-electron chi connectivity index (χ2n) is 6.89. The molecule has 0 radical (unpaired) electrons. The Balaban J connectivity index is 1.62. The van der Waals surface area contributed by atoms with Gasteiger partial charge in [-0.05, 0) is 41.8 Å². The molecule has 0 aliphatic carbocycles. The molecule has 152 valence electrons. The summed E-state index contributed by atoms with van der Waals surface area (Å²) >= 11 is 20.6. The summed E-state index contributed by atoms with van der Waals surface area (Å²) in [5.74, 6) is -0.292. The Morgan fingerprint density at radius 3 is 2.45 bits per heavy atom. The van der Waals surface area contributed by atoms with Crippen LogP contribution in [0.25, 0.3) is 31.6 Å². The molecule has 1 heterocycles. The third-order valence-electron chi connectivity index (χ3n) is 4.93. The lowest BCUT2D eigenvalue weighted by atomic mass is 10.0. The average Bonchev–Trinajstić information content (AvgIpc) is 3.19. The van der Waals surface area contributed by atoms with Crippen LogP contribution in [0.4, 0.5) is 5.69 Å². The van der Waals surface area contributed by atoms with E-state index in [0.29, 0.717) is 31.9 Å². The standard InChI is InChI=1S/C24H13Cl3N2OS/c25-13-11-17(24-28-20-9-1-2-10-21(20)31-24)22(19(27)12-13)29-23(30)16-7-3-6-15-14(16)5-4-8-18(15)26/h1-12H,(H,29,30). The van der Waals surface area contributed by atoms with Crippen LogP contribution < -0.4 is 5.32 Å². The van der Waals surface area contributed by atoms with E-state index in [-0.39, 0.29) is 5.91 Å². The Kier molecular flexibility index (Phi) is 5.32. The van der Waals surface area contributed by atoms with Crippen molar-refractivity contribution in [3.63, 3.8) is 0 Å². The maximum absolute atomic E-state index is 13.3. The van der Waals surface area contributed by atoms with E-state index < -0.39 is 0 Å². The van der Waals surface area contributed by atoms with Gasteiger partial charge in [-0.3, -0.25) is 4.79 Å². The van der Waals surface area contributed by atoms with Crippen LogP contribution >= 0.6 is 46.1 Å². The van der Waals surface area contributed by atoms with Crippen molar-refractivity contribution in [2.24, 2.45) is 0 Å². The molecule has 0 bridgehead atoms. The minimum atomic E-state index is -0.292. The van der Waals surface area contributed by atoms with E-state index in [1.807, 2.05) is 42.5 Å². The first-order chi connectivity index (χ1) is 15.0. The first kappa shape index (κ1) is 20.3. The van der Waals surface area contributed by atoms with Gasteiger partial charge in [0, 0.05) is 26.6 Å². The van der Waals surface area contributed by atoms with E-state index >= 15 is 0 Å². The van der Waals surface area contributed by atoms with Gasteiger partial charge in [0.15, 0.2) is 0 Å². The van der Waals surface area contributed by atoms with Gasteiger partial charge in [-0.25, -0.2) is 4.98 Å². The average molecular weight is 484 g/mol. The van der Waals surface area contributed by atoms with Crippen molar-refractivity contribution in [3.05, 3.63) is 93.4 Å². The zero-order valence-corrected chi connectivity index (χ0v) is 18.9. The fourth-order valence-electron chi connectivity index (χ4n) is 3.51. The normalized spacial score (nSPS) is 11.2. The molecule has 5 rings (SSSR count). The summed E-state index contributed by atoms with van der Waals surface area (Å²) in [4.78, 5) is 18.0. The summed E-state index contributed by atoms with van der Waals surface area (Å²) in [7, 11) is 0. The van der Waals surface area contributed by atoms with E-state index in [9.17, 15) is 4.79 Å². The number of nitrogens with one attached hydrogen (secondary N) is 1. The lowest BCUT2D eigenvalue weighted by Gasteiger charge is -2.14. The van der Waals surface area contributed by atoms with Gasteiger partial charge in [0.05, 0.1) is 20.9 Å². The number of nitrogens with zero attached hydrogens (tertiary/aromatic N) is 1. The third-order valence-corrected chi connectivity index (χ3v) is 6.85. The highest BCUT2D eigenvalue weighted by Crippen LogP contribution is 2.40. The van der Waals surface area contributed by atoms with Crippen LogP contribution in [-0.2, 0) is 0 Å². The maximum atomic E-state index is 13.3. The van der Waals surface area contributed by atoms with Gasteiger partial charge in [0.2, 0.25) is 0 Å². The van der Waals surface area contributed by atoms with Crippen LogP contribution in [0.1, 0.15) is 10.4 Å². The first-order valence-electron chi connectivity index (χ1n) is 9.35. The Morgan fingerprint density at radius 2 is 1.61 bits per heavy atom. The molecule has 0 saturated heterocycles. The summed E-state index contributed by atoms with van der Waals surface area (Å²) in [5, 5.41) is 6.67. The molecule has 7 heteroatoms. The summed E-state index contributed by atoms with van der Waals surface area (Å²) < 4.78 is 1.04. The number of aromatic nitrogens is 1. The molecule has 0 aliphatic rings. The number of hydrogen-bond acceptors (Lipinski definition) is 3. The summed E-state index contributed by atoms with van der Waals surface area (Å²) in [5.41, 5.74) is 2.51. The molecule has 31 heavy (non-hydrogen) atoms. The van der Waals surface area contributed by atoms with Crippen molar-refractivity contribution in [2.45, 2.75) is 0 Å². The van der Waals surface area contributed by atoms with Gasteiger partial charge < -0.3 is 5.32 Å². The largest absolute Gasteiger partial charge is 0.320 e. The maximum Gasteiger partial charge on any atom is 0.256 e. The summed E-state index contributed by atoms with van der Waals surface area (Å²) in [6.45, 7) is 0. The highest BCUT2D eigenvalue weighted by Gasteiger charge is 2.19. The number of benzene rings is 4. The Morgan fingerprint density at radius 1 is 0.839 bits per heavy atom. The fraction of sp³-hybridized carbons (Fsp3) is 0. The second-order valence-corrected chi connectivity index (χ2v) is 9.17. The molecule has 1 amide bonds. The minimum absolute atomic E-state index is 0.292.